The van der Waals surface area contributed by atoms with Gasteiger partial charge in [0, 0.05) is 13.1 Å². The molecule has 0 radical (unpaired) electrons. The zero-order valence-electron chi connectivity index (χ0n) is 17.7. The number of carbonyl (C=O) groups excluding carboxylic acids is 1. The van der Waals surface area contributed by atoms with E-state index in [4.69, 9.17) is 4.74 Å². The van der Waals surface area contributed by atoms with Crippen molar-refractivity contribution in [1.29, 1.82) is 0 Å². The van der Waals surface area contributed by atoms with Crippen LogP contribution in [0.4, 0.5) is 0 Å². The molecule has 1 aromatic heterocycles. The van der Waals surface area contributed by atoms with Crippen molar-refractivity contribution < 1.29 is 9.53 Å². The third kappa shape index (κ3) is 7.93. The van der Waals surface area contributed by atoms with Gasteiger partial charge in [-0.05, 0) is 46.6 Å². The number of guanidine groups is 1. The first-order chi connectivity index (χ1) is 13.4. The zero-order valence-corrected chi connectivity index (χ0v) is 20.9. The Morgan fingerprint density at radius 3 is 2.72 bits per heavy atom. The number of nitrogens with zero attached hydrogens (tertiary/aromatic N) is 2. The molecule has 0 aliphatic heterocycles. The molecule has 2 N–H and O–H groups in total. The number of ether oxygens (including phenoxy) is 1. The van der Waals surface area contributed by atoms with Crippen molar-refractivity contribution in [3.05, 3.63) is 51.0 Å². The van der Waals surface area contributed by atoms with E-state index in [1.807, 2.05) is 20.8 Å². The molecule has 0 aliphatic carbocycles. The van der Waals surface area contributed by atoms with Gasteiger partial charge in [0.2, 0.25) is 0 Å². The van der Waals surface area contributed by atoms with Crippen LogP contribution in [-0.2, 0) is 11.2 Å². The smallest absolute Gasteiger partial charge is 0.350 e. The Labute approximate surface area is 194 Å². The van der Waals surface area contributed by atoms with Gasteiger partial charge < -0.3 is 15.4 Å². The Bertz CT molecular complexity index is 823. The maximum atomic E-state index is 12.0. The van der Waals surface area contributed by atoms with Crippen molar-refractivity contribution in [3.63, 3.8) is 0 Å². The molecule has 1 atom stereocenters. The van der Waals surface area contributed by atoms with Crippen LogP contribution in [-0.4, -0.2) is 36.6 Å². The summed E-state index contributed by atoms with van der Waals surface area (Å²) in [7, 11) is 0. The number of benzene rings is 1. The van der Waals surface area contributed by atoms with Gasteiger partial charge in [0.05, 0.1) is 18.3 Å². The van der Waals surface area contributed by atoms with Crippen LogP contribution >= 0.6 is 35.3 Å². The molecule has 2 aromatic rings. The Balaban J connectivity index is 0.00000420. The van der Waals surface area contributed by atoms with Gasteiger partial charge in [-0.15, -0.1) is 35.3 Å². The Morgan fingerprint density at radius 2 is 2.07 bits per heavy atom. The zero-order chi connectivity index (χ0) is 20.5. The number of aryl methyl sites for hydroxylation is 2. The van der Waals surface area contributed by atoms with Crippen molar-refractivity contribution in [3.8, 4) is 0 Å². The minimum absolute atomic E-state index is 0. The van der Waals surface area contributed by atoms with Gasteiger partial charge in [0.15, 0.2) is 5.96 Å². The lowest BCUT2D eigenvalue weighted by atomic mass is 10.1. The van der Waals surface area contributed by atoms with E-state index in [0.29, 0.717) is 23.7 Å². The van der Waals surface area contributed by atoms with Crippen LogP contribution in [0.1, 0.15) is 58.3 Å². The fourth-order valence-electron chi connectivity index (χ4n) is 2.74. The van der Waals surface area contributed by atoms with E-state index in [2.05, 4.69) is 51.8 Å². The molecule has 8 heteroatoms. The normalized spacial score (nSPS) is 12.1. The average Bonchev–Trinajstić information content (AvgIpc) is 3.04. The monoisotopic (exact) mass is 530 g/mol. The second-order valence-corrected chi connectivity index (χ2v) is 7.58. The standard InChI is InChI=1S/C21H30N4O2S.HI/c1-6-22-21(23-12-11-17-10-8-9-14(3)13-17)25-16(5)19-24-15(4)18(28-19)20(26)27-7-2;/h8-10,13,16H,6-7,11-12H2,1-5H3,(H2,22,23,25);1H. The second-order valence-electron chi connectivity index (χ2n) is 6.55. The predicted octanol–water partition coefficient (Wildman–Crippen LogP) is 4.41. The number of carbonyl (C=O) groups is 1. The number of esters is 1. The summed E-state index contributed by atoms with van der Waals surface area (Å²) >= 11 is 1.37. The van der Waals surface area contributed by atoms with E-state index in [0.717, 1.165) is 23.9 Å². The lowest BCUT2D eigenvalue weighted by Gasteiger charge is -2.16. The lowest BCUT2D eigenvalue weighted by Crippen LogP contribution is -2.38. The molecule has 0 fully saturated rings. The first-order valence-electron chi connectivity index (χ1n) is 9.69. The quantitative estimate of drug-likeness (QED) is 0.229. The van der Waals surface area contributed by atoms with Crippen LogP contribution in [0, 0.1) is 13.8 Å². The number of hydrogen-bond acceptors (Lipinski definition) is 5. The van der Waals surface area contributed by atoms with Gasteiger partial charge in [-0.2, -0.15) is 0 Å². The van der Waals surface area contributed by atoms with Crippen molar-refractivity contribution >= 4 is 47.2 Å². The summed E-state index contributed by atoms with van der Waals surface area (Å²) in [6.45, 7) is 11.6. The lowest BCUT2D eigenvalue weighted by molar-refractivity contribution is 0.0531. The molecule has 0 spiro atoms. The molecule has 0 amide bonds. The molecule has 160 valence electrons. The minimum atomic E-state index is -0.310. The summed E-state index contributed by atoms with van der Waals surface area (Å²) in [4.78, 5) is 21.8. The average molecular weight is 530 g/mol. The van der Waals surface area contributed by atoms with Crippen molar-refractivity contribution in [2.45, 2.75) is 47.1 Å². The minimum Gasteiger partial charge on any atom is -0.462 e. The highest BCUT2D eigenvalue weighted by molar-refractivity contribution is 14.0. The molecule has 2 rings (SSSR count). The van der Waals surface area contributed by atoms with Crippen molar-refractivity contribution in [1.82, 2.24) is 15.6 Å². The van der Waals surface area contributed by atoms with Gasteiger partial charge in [-0.3, -0.25) is 4.99 Å². The summed E-state index contributed by atoms with van der Waals surface area (Å²) in [5.41, 5.74) is 3.24. The van der Waals surface area contributed by atoms with Crippen LogP contribution in [0.5, 0.6) is 0 Å². The number of rotatable bonds is 8. The summed E-state index contributed by atoms with van der Waals surface area (Å²) in [5.74, 6) is 0.433. The molecular weight excluding hydrogens is 499 g/mol. The van der Waals surface area contributed by atoms with Crippen LogP contribution in [0.3, 0.4) is 0 Å². The summed E-state index contributed by atoms with van der Waals surface area (Å²) in [6, 6.07) is 8.42. The van der Waals surface area contributed by atoms with Crippen molar-refractivity contribution in [2.24, 2.45) is 4.99 Å². The number of aromatic nitrogens is 1. The summed E-state index contributed by atoms with van der Waals surface area (Å²) < 4.78 is 5.10. The number of hydrogen-bond donors (Lipinski definition) is 2. The molecule has 0 saturated heterocycles. The second kappa shape index (κ2) is 12.8. The van der Waals surface area contributed by atoms with Gasteiger partial charge in [0.25, 0.3) is 0 Å². The molecule has 0 aliphatic rings. The molecule has 1 heterocycles. The number of nitrogens with one attached hydrogen (secondary N) is 2. The third-order valence-electron chi connectivity index (χ3n) is 4.09. The van der Waals surface area contributed by atoms with E-state index in [1.54, 1.807) is 6.92 Å². The third-order valence-corrected chi connectivity index (χ3v) is 5.41. The Morgan fingerprint density at radius 1 is 1.31 bits per heavy atom. The fraction of sp³-hybridized carbons (Fsp3) is 0.476. The highest BCUT2D eigenvalue weighted by Gasteiger charge is 2.20. The van der Waals surface area contributed by atoms with E-state index in [-0.39, 0.29) is 36.0 Å². The van der Waals surface area contributed by atoms with Crippen molar-refractivity contribution in [2.75, 3.05) is 19.7 Å². The molecule has 0 bridgehead atoms. The number of aliphatic imine (C=N–C) groups is 1. The Hall–Kier alpha value is -1.68. The highest BCUT2D eigenvalue weighted by Crippen LogP contribution is 2.24. The molecule has 1 unspecified atom stereocenters. The molecule has 29 heavy (non-hydrogen) atoms. The van der Waals surface area contributed by atoms with E-state index >= 15 is 0 Å². The van der Waals surface area contributed by atoms with Gasteiger partial charge >= 0.3 is 5.97 Å². The maximum Gasteiger partial charge on any atom is 0.350 e. The largest absolute Gasteiger partial charge is 0.462 e. The number of halogens is 1. The fourth-order valence-corrected chi connectivity index (χ4v) is 3.70. The van der Waals surface area contributed by atoms with Crippen LogP contribution < -0.4 is 10.6 Å². The SMILES string of the molecule is CCNC(=NCCc1cccc(C)c1)NC(C)c1nc(C)c(C(=O)OCC)s1.I. The van der Waals surface area contributed by atoms with Crippen LogP contribution in [0.25, 0.3) is 0 Å². The summed E-state index contributed by atoms with van der Waals surface area (Å²) in [5, 5.41) is 7.49. The van der Waals surface area contributed by atoms with E-state index < -0.39 is 0 Å². The number of thiazole rings is 1. The first-order valence-corrected chi connectivity index (χ1v) is 10.5. The van der Waals surface area contributed by atoms with Gasteiger partial charge in [0.1, 0.15) is 9.88 Å². The molecule has 1 aromatic carbocycles. The summed E-state index contributed by atoms with van der Waals surface area (Å²) in [6.07, 6.45) is 0.885. The van der Waals surface area contributed by atoms with Crippen LogP contribution in [0.2, 0.25) is 0 Å². The highest BCUT2D eigenvalue weighted by atomic mass is 127. The van der Waals surface area contributed by atoms with E-state index in [1.165, 1.54) is 22.5 Å². The molecule has 0 saturated carbocycles. The topological polar surface area (TPSA) is 75.6 Å². The first kappa shape index (κ1) is 25.4. The van der Waals surface area contributed by atoms with Crippen LogP contribution in [0.15, 0.2) is 29.3 Å². The van der Waals surface area contributed by atoms with E-state index in [9.17, 15) is 4.79 Å². The van der Waals surface area contributed by atoms with Gasteiger partial charge in [-0.1, -0.05) is 29.8 Å². The van der Waals surface area contributed by atoms with Gasteiger partial charge in [-0.25, -0.2) is 9.78 Å². The predicted molar refractivity (Wildman–Crippen MR) is 131 cm³/mol. The molecular formula is C21H31IN4O2S. The Kier molecular flexibility index (Phi) is 11.2. The molecule has 6 nitrogen and oxygen atoms in total. The maximum absolute atomic E-state index is 12.0.